The molecule has 0 spiro atoms. The first-order chi connectivity index (χ1) is 25.4. The Morgan fingerprint density at radius 3 is 1.75 bits per heavy atom. The van der Waals surface area contributed by atoms with Gasteiger partial charge >= 0.3 is 11.9 Å². The van der Waals surface area contributed by atoms with Crippen LogP contribution in [0.4, 0.5) is 5.69 Å². The van der Waals surface area contributed by atoms with Gasteiger partial charge in [0.25, 0.3) is 46.4 Å². The lowest BCUT2D eigenvalue weighted by molar-refractivity contribution is -0.140. The molecule has 1 aromatic heterocycles. The largest absolute Gasteiger partial charge is 0.493 e. The number of hydrazone groups is 1. The average molecular weight is 847 g/mol. The van der Waals surface area contributed by atoms with Crippen LogP contribution in [0.1, 0.15) is 17.7 Å². The summed E-state index contributed by atoms with van der Waals surface area (Å²) in [4.78, 5) is 34.1. The molecule has 0 aliphatic carbocycles. The molecule has 5 N–H and O–H groups in total. The Bertz CT molecular complexity index is 2690. The summed E-state index contributed by atoms with van der Waals surface area (Å²) < 4.78 is 143. The number of methoxy groups -OCH3 is 2. The number of rotatable bonds is 13. The highest BCUT2D eigenvalue weighted by Crippen LogP contribution is 2.34. The Kier molecular flexibility index (Phi) is 12.0. The van der Waals surface area contributed by atoms with Crippen molar-refractivity contribution in [3.05, 3.63) is 77.5 Å². The van der Waals surface area contributed by atoms with E-state index in [1.807, 2.05) is 0 Å². The quantitative estimate of drug-likeness (QED) is 0.0685. The molecular formula is C29H26N4O18S4. The lowest BCUT2D eigenvalue weighted by Crippen LogP contribution is -2.24. The van der Waals surface area contributed by atoms with E-state index in [1.165, 1.54) is 12.2 Å². The third-order valence-electron chi connectivity index (χ3n) is 7.22. The number of aromatic nitrogens is 2. The van der Waals surface area contributed by atoms with E-state index in [-0.39, 0.29) is 22.5 Å². The minimum atomic E-state index is -5.13. The highest BCUT2D eigenvalue weighted by molar-refractivity contribution is 7.87. The Balaban J connectivity index is 1.80. The van der Waals surface area contributed by atoms with Crippen LogP contribution < -0.4 is 5.01 Å². The summed E-state index contributed by atoms with van der Waals surface area (Å²) in [5, 5.41) is 19.3. The van der Waals surface area contributed by atoms with E-state index in [0.29, 0.717) is 46.1 Å². The highest BCUT2D eigenvalue weighted by atomic mass is 32.2. The van der Waals surface area contributed by atoms with Crippen molar-refractivity contribution in [1.29, 1.82) is 0 Å². The Hall–Kier alpha value is -5.61. The van der Waals surface area contributed by atoms with Crippen LogP contribution in [0.2, 0.25) is 0 Å². The van der Waals surface area contributed by atoms with Crippen LogP contribution >= 0.6 is 0 Å². The summed E-state index contributed by atoms with van der Waals surface area (Å²) in [5.74, 6) is -3.88. The summed E-state index contributed by atoms with van der Waals surface area (Å²) in [7, 11) is -18.1. The fourth-order valence-corrected chi connectivity index (χ4v) is 7.02. The fourth-order valence-electron chi connectivity index (χ4n) is 4.72. The van der Waals surface area contributed by atoms with Crippen molar-refractivity contribution >= 4 is 75.8 Å². The number of carbonyl (C=O) groups excluding carboxylic acids is 3. The number of allylic oxidation sites excluding steroid dienone is 4. The van der Waals surface area contributed by atoms with Crippen molar-refractivity contribution in [3.8, 4) is 11.6 Å². The third-order valence-corrected chi connectivity index (χ3v) is 10.7. The highest BCUT2D eigenvalue weighted by Gasteiger charge is 2.36. The van der Waals surface area contributed by atoms with Gasteiger partial charge < -0.3 is 14.6 Å². The monoisotopic (exact) mass is 846 g/mol. The van der Waals surface area contributed by atoms with Gasteiger partial charge in [-0.25, -0.2) is 0 Å². The number of amides is 1. The number of aromatic hydroxyl groups is 1. The van der Waals surface area contributed by atoms with Crippen LogP contribution in [-0.4, -0.2) is 105 Å². The number of carbonyl (C=O) groups is 3. The van der Waals surface area contributed by atoms with Gasteiger partial charge in [0.05, 0.1) is 70.8 Å². The number of anilines is 1. The third kappa shape index (κ3) is 9.56. The minimum Gasteiger partial charge on any atom is -0.493 e. The maximum atomic E-state index is 13.5. The number of esters is 2. The molecule has 0 bridgehead atoms. The van der Waals surface area contributed by atoms with Gasteiger partial charge in [0.1, 0.15) is 9.79 Å². The van der Waals surface area contributed by atoms with E-state index in [2.05, 4.69) is 19.7 Å². The second-order valence-electron chi connectivity index (χ2n) is 10.7. The molecule has 26 heteroatoms. The van der Waals surface area contributed by atoms with Crippen LogP contribution in [-0.2, 0) is 70.8 Å². The molecule has 2 aromatic carbocycles. The smallest absolute Gasteiger partial charge is 0.311 e. The molecule has 55 heavy (non-hydrogen) atoms. The maximum absolute atomic E-state index is 13.5. The summed E-state index contributed by atoms with van der Waals surface area (Å²) >= 11 is 0. The van der Waals surface area contributed by atoms with Crippen LogP contribution in [0, 0.1) is 0 Å². The number of nitrogens with zero attached hydrogens (tertiary/aromatic N) is 4. The van der Waals surface area contributed by atoms with Gasteiger partial charge in [-0.2, -0.15) is 53.6 Å². The minimum absolute atomic E-state index is 0.276. The SMILES string of the molecule is COC(=O)CC1=NN(c2cc(S(=O)(=O)O)ccc2S(=O)(=O)O)C(=O)C1=CC=CC=Cc1c(CC(=O)OC)nn(-c2cc(S(=O)(=O)O)ccc2S(=O)(=O)O)c1O. The van der Waals surface area contributed by atoms with Gasteiger partial charge in [-0.05, 0) is 48.6 Å². The number of ether oxygens (including phenoxy) is 2. The van der Waals surface area contributed by atoms with Crippen LogP contribution in [0.25, 0.3) is 11.8 Å². The molecule has 0 saturated heterocycles. The first-order valence-electron chi connectivity index (χ1n) is 14.5. The first kappa shape index (κ1) is 42.1. The maximum Gasteiger partial charge on any atom is 0.311 e. The number of hydrogen-bond donors (Lipinski definition) is 5. The number of benzene rings is 2. The van der Waals surface area contributed by atoms with Crippen molar-refractivity contribution in [2.24, 2.45) is 5.10 Å². The van der Waals surface area contributed by atoms with Gasteiger partial charge in [-0.15, -0.1) is 0 Å². The van der Waals surface area contributed by atoms with Crippen LogP contribution in [0.3, 0.4) is 0 Å². The van der Waals surface area contributed by atoms with Gasteiger partial charge in [-0.3, -0.25) is 32.6 Å². The molecule has 1 amide bonds. The predicted molar refractivity (Wildman–Crippen MR) is 184 cm³/mol. The Morgan fingerprint density at radius 2 is 1.24 bits per heavy atom. The molecule has 2 heterocycles. The second kappa shape index (κ2) is 15.6. The lowest BCUT2D eigenvalue weighted by Gasteiger charge is -2.15. The first-order valence-corrected chi connectivity index (χ1v) is 20.2. The van der Waals surface area contributed by atoms with E-state index < -0.39 is 108 Å². The standard InChI is InChI=1S/C29H26N4O18S4/c1-50-26(34)14-20-18(28(36)32(30-20)22-12-16(52(38,39)40)8-10-24(22)54(44,45)46)6-4-3-5-7-19-21(15-27(35)51-2)31-33(29(19)37)23-13-17(53(41,42)43)9-11-25(23)55(47,48)49/h3-13,36H,14-15H2,1-2H3,(H,38,39,40)(H,41,42,43)(H,44,45,46)(H,47,48,49). The molecule has 22 nitrogen and oxygen atoms in total. The van der Waals surface area contributed by atoms with Crippen LogP contribution in [0.5, 0.6) is 5.88 Å². The summed E-state index contributed by atoms with van der Waals surface area (Å²) in [5.41, 5.74) is -2.85. The fraction of sp³-hybridized carbons (Fsp3) is 0.138. The van der Waals surface area contributed by atoms with Gasteiger partial charge in [-0.1, -0.05) is 18.2 Å². The average Bonchev–Trinajstić information content (AvgIpc) is 3.56. The molecule has 1 aliphatic heterocycles. The zero-order valence-electron chi connectivity index (χ0n) is 27.7. The zero-order valence-corrected chi connectivity index (χ0v) is 31.0. The molecule has 0 atom stereocenters. The van der Waals surface area contributed by atoms with E-state index in [4.69, 9.17) is 0 Å². The summed E-state index contributed by atoms with van der Waals surface area (Å²) in [6.45, 7) is 0. The van der Waals surface area contributed by atoms with E-state index in [0.717, 1.165) is 32.4 Å². The molecule has 294 valence electrons. The molecule has 0 fully saturated rings. The van der Waals surface area contributed by atoms with E-state index in [9.17, 15) is 71.4 Å². The molecular weight excluding hydrogens is 821 g/mol. The summed E-state index contributed by atoms with van der Waals surface area (Å²) in [6, 6.07) is 3.59. The normalized spacial score (nSPS) is 14.9. The Morgan fingerprint density at radius 1 is 0.727 bits per heavy atom. The van der Waals surface area contributed by atoms with Crippen molar-refractivity contribution in [1.82, 2.24) is 9.78 Å². The van der Waals surface area contributed by atoms with Gasteiger partial charge in [0.15, 0.2) is 0 Å². The van der Waals surface area contributed by atoms with Crippen molar-refractivity contribution in [2.45, 2.75) is 32.4 Å². The molecule has 3 aromatic rings. The Labute approximate surface area is 311 Å². The number of hydrogen-bond acceptors (Lipinski definition) is 16. The van der Waals surface area contributed by atoms with E-state index >= 15 is 0 Å². The van der Waals surface area contributed by atoms with Crippen molar-refractivity contribution < 1.29 is 80.8 Å². The topological polar surface area (TPSA) is 341 Å². The van der Waals surface area contributed by atoms with Crippen LogP contribution in [0.15, 0.2) is 91.0 Å². The molecule has 0 unspecified atom stereocenters. The van der Waals surface area contributed by atoms with Gasteiger partial charge in [0.2, 0.25) is 5.88 Å². The van der Waals surface area contributed by atoms with Crippen molar-refractivity contribution in [3.63, 3.8) is 0 Å². The molecule has 0 radical (unpaired) electrons. The lowest BCUT2D eigenvalue weighted by atomic mass is 10.1. The predicted octanol–water partition coefficient (Wildman–Crippen LogP) is 0.742. The molecule has 1 aliphatic rings. The zero-order chi connectivity index (χ0) is 41.3. The molecule has 0 saturated carbocycles. The second-order valence-corrected chi connectivity index (χ2v) is 16.4. The van der Waals surface area contributed by atoms with E-state index in [1.54, 1.807) is 0 Å². The summed E-state index contributed by atoms with van der Waals surface area (Å²) in [6.07, 6.45) is 4.38. The van der Waals surface area contributed by atoms with Crippen molar-refractivity contribution in [2.75, 3.05) is 19.2 Å². The molecule has 4 rings (SSSR count). The van der Waals surface area contributed by atoms with Gasteiger partial charge in [0, 0.05) is 0 Å².